The molecule has 1 aliphatic rings. The first-order valence-electron chi connectivity index (χ1n) is 10.5. The number of alkyl carbamates (subject to hydrolysis) is 1. The molecule has 166 valence electrons. The molecular formula is C25H25FN2O4. The van der Waals surface area contributed by atoms with E-state index in [1.54, 1.807) is 6.92 Å². The van der Waals surface area contributed by atoms with E-state index in [-0.39, 0.29) is 31.2 Å². The Bertz CT molecular complexity index is 1080. The minimum Gasteiger partial charge on any atom is -0.449 e. The van der Waals surface area contributed by atoms with Crippen LogP contribution in [0.2, 0.25) is 0 Å². The Morgan fingerprint density at radius 1 is 1.06 bits per heavy atom. The molecule has 32 heavy (non-hydrogen) atoms. The Labute approximate surface area is 185 Å². The van der Waals surface area contributed by atoms with Gasteiger partial charge in [0.15, 0.2) is 0 Å². The lowest BCUT2D eigenvalue weighted by molar-refractivity contribution is 0.00889. The largest absolute Gasteiger partial charge is 0.449 e. The number of carbonyl (C=O) groups is 1. The smallest absolute Gasteiger partial charge is 0.407 e. The molecule has 0 saturated carbocycles. The molecule has 1 heterocycles. The molecule has 3 aromatic rings. The first-order chi connectivity index (χ1) is 15.5. The number of rotatable bonds is 7. The predicted molar refractivity (Wildman–Crippen MR) is 118 cm³/mol. The van der Waals surface area contributed by atoms with Gasteiger partial charge in [-0.05, 0) is 47.7 Å². The molecule has 1 aromatic heterocycles. The molecule has 4 rings (SSSR count). The van der Waals surface area contributed by atoms with Gasteiger partial charge >= 0.3 is 6.09 Å². The van der Waals surface area contributed by atoms with Gasteiger partial charge in [0.2, 0.25) is 0 Å². The van der Waals surface area contributed by atoms with Crippen LogP contribution in [0.4, 0.5) is 9.18 Å². The molecule has 2 aromatic carbocycles. The number of aliphatic hydroxyl groups excluding tert-OH is 2. The average Bonchev–Trinajstić information content (AvgIpc) is 3.12. The second-order valence-corrected chi connectivity index (χ2v) is 7.87. The monoisotopic (exact) mass is 436 g/mol. The van der Waals surface area contributed by atoms with Crippen molar-refractivity contribution in [3.05, 3.63) is 89.0 Å². The molecular weight excluding hydrogens is 411 g/mol. The number of aryl methyl sites for hydroxylation is 1. The van der Waals surface area contributed by atoms with E-state index in [1.807, 2.05) is 36.4 Å². The minimum absolute atomic E-state index is 0.0143. The van der Waals surface area contributed by atoms with E-state index >= 15 is 0 Å². The second-order valence-electron chi connectivity index (χ2n) is 7.87. The first kappa shape index (κ1) is 21.9. The third-order valence-electron chi connectivity index (χ3n) is 5.71. The Morgan fingerprint density at radius 3 is 2.34 bits per heavy atom. The number of ether oxygens (including phenoxy) is 1. The van der Waals surface area contributed by atoms with E-state index in [9.17, 15) is 19.4 Å². The topological polar surface area (TPSA) is 91.7 Å². The van der Waals surface area contributed by atoms with Crippen LogP contribution >= 0.6 is 0 Å². The van der Waals surface area contributed by atoms with Gasteiger partial charge in [0.1, 0.15) is 24.2 Å². The number of aromatic nitrogens is 1. The van der Waals surface area contributed by atoms with Crippen LogP contribution in [0.25, 0.3) is 11.1 Å². The molecule has 1 amide bonds. The lowest BCUT2D eigenvalue weighted by atomic mass is 9.98. The molecule has 2 unspecified atom stereocenters. The molecule has 0 bridgehead atoms. The van der Waals surface area contributed by atoms with Crippen molar-refractivity contribution in [1.82, 2.24) is 10.3 Å². The second kappa shape index (κ2) is 9.46. The molecule has 1 aliphatic carbocycles. The van der Waals surface area contributed by atoms with Gasteiger partial charge in [-0.1, -0.05) is 48.5 Å². The fourth-order valence-corrected chi connectivity index (χ4v) is 4.08. The summed E-state index contributed by atoms with van der Waals surface area (Å²) in [7, 11) is 0. The number of nitrogens with one attached hydrogen (secondary N) is 1. The number of fused-ring (bicyclic) bond motifs is 3. The van der Waals surface area contributed by atoms with Crippen LogP contribution in [-0.2, 0) is 4.74 Å². The summed E-state index contributed by atoms with van der Waals surface area (Å²) < 4.78 is 19.3. The van der Waals surface area contributed by atoms with E-state index < -0.39 is 24.1 Å². The molecule has 0 radical (unpaired) electrons. The number of aliphatic hydroxyl groups is 2. The quantitative estimate of drug-likeness (QED) is 0.523. The van der Waals surface area contributed by atoms with Crippen molar-refractivity contribution in [2.45, 2.75) is 31.5 Å². The SMILES string of the molecule is Cc1ccc(F)c(C(O)C(O)CCNC(=O)OCC2c3ccccc3-c3ccccc32)n1. The average molecular weight is 436 g/mol. The maximum absolute atomic E-state index is 13.9. The first-order valence-corrected chi connectivity index (χ1v) is 10.5. The van der Waals surface area contributed by atoms with Gasteiger partial charge in [-0.25, -0.2) is 9.18 Å². The summed E-state index contributed by atoms with van der Waals surface area (Å²) >= 11 is 0. The van der Waals surface area contributed by atoms with Crippen LogP contribution in [0.1, 0.15) is 41.0 Å². The fraction of sp³-hybridized carbons (Fsp3) is 0.280. The van der Waals surface area contributed by atoms with Crippen LogP contribution < -0.4 is 5.32 Å². The van der Waals surface area contributed by atoms with Crippen LogP contribution in [0.15, 0.2) is 60.7 Å². The lowest BCUT2D eigenvalue weighted by Gasteiger charge is -2.19. The predicted octanol–water partition coefficient (Wildman–Crippen LogP) is 3.85. The summed E-state index contributed by atoms with van der Waals surface area (Å²) in [6, 6.07) is 18.8. The molecule has 0 saturated heterocycles. The fourth-order valence-electron chi connectivity index (χ4n) is 4.08. The van der Waals surface area contributed by atoms with Crippen molar-refractivity contribution in [2.75, 3.05) is 13.2 Å². The van der Waals surface area contributed by atoms with Gasteiger partial charge in [0.25, 0.3) is 0 Å². The zero-order valence-electron chi connectivity index (χ0n) is 17.7. The third-order valence-corrected chi connectivity index (χ3v) is 5.71. The van der Waals surface area contributed by atoms with Gasteiger partial charge in [0.05, 0.1) is 6.10 Å². The number of nitrogens with zero attached hydrogens (tertiary/aromatic N) is 1. The summed E-state index contributed by atoms with van der Waals surface area (Å²) in [6.45, 7) is 1.91. The maximum atomic E-state index is 13.9. The molecule has 0 aliphatic heterocycles. The highest BCUT2D eigenvalue weighted by Gasteiger charge is 2.29. The highest BCUT2D eigenvalue weighted by atomic mass is 19.1. The van der Waals surface area contributed by atoms with E-state index in [4.69, 9.17) is 4.74 Å². The van der Waals surface area contributed by atoms with Crippen molar-refractivity contribution in [1.29, 1.82) is 0 Å². The van der Waals surface area contributed by atoms with E-state index in [2.05, 4.69) is 22.4 Å². The Morgan fingerprint density at radius 2 is 1.69 bits per heavy atom. The van der Waals surface area contributed by atoms with Gasteiger partial charge in [0, 0.05) is 18.2 Å². The van der Waals surface area contributed by atoms with E-state index in [0.717, 1.165) is 22.3 Å². The molecule has 7 heteroatoms. The van der Waals surface area contributed by atoms with E-state index in [0.29, 0.717) is 5.69 Å². The molecule has 6 nitrogen and oxygen atoms in total. The van der Waals surface area contributed by atoms with Crippen molar-refractivity contribution in [3.8, 4) is 11.1 Å². The Kier molecular flexibility index (Phi) is 6.48. The summed E-state index contributed by atoms with van der Waals surface area (Å²) in [5.41, 5.74) is 4.85. The number of benzene rings is 2. The van der Waals surface area contributed by atoms with Crippen molar-refractivity contribution in [3.63, 3.8) is 0 Å². The standard InChI is InChI=1S/C25H25FN2O4/c1-15-10-11-21(26)23(28-15)24(30)22(29)12-13-27-25(31)32-14-20-18-8-4-2-6-16(18)17-7-3-5-9-19(17)20/h2-11,20,22,24,29-30H,12-14H2,1H3,(H,27,31). The van der Waals surface area contributed by atoms with Crippen LogP contribution in [0, 0.1) is 12.7 Å². The molecule has 0 spiro atoms. The maximum Gasteiger partial charge on any atom is 0.407 e. The minimum atomic E-state index is -1.49. The number of amides is 1. The number of hydrogen-bond donors (Lipinski definition) is 3. The van der Waals surface area contributed by atoms with Crippen molar-refractivity contribution < 1.29 is 24.1 Å². The molecule has 2 atom stereocenters. The van der Waals surface area contributed by atoms with Gasteiger partial charge in [-0.15, -0.1) is 0 Å². The Hall–Kier alpha value is -3.29. The van der Waals surface area contributed by atoms with Crippen LogP contribution in [0.3, 0.4) is 0 Å². The highest BCUT2D eigenvalue weighted by Crippen LogP contribution is 2.44. The van der Waals surface area contributed by atoms with Gasteiger partial charge in [-0.3, -0.25) is 4.98 Å². The number of halogens is 1. The number of hydrogen-bond acceptors (Lipinski definition) is 5. The molecule has 3 N–H and O–H groups in total. The zero-order chi connectivity index (χ0) is 22.7. The van der Waals surface area contributed by atoms with Crippen molar-refractivity contribution in [2.24, 2.45) is 0 Å². The van der Waals surface area contributed by atoms with Crippen LogP contribution in [0.5, 0.6) is 0 Å². The van der Waals surface area contributed by atoms with Gasteiger partial charge in [-0.2, -0.15) is 0 Å². The zero-order valence-corrected chi connectivity index (χ0v) is 17.7. The van der Waals surface area contributed by atoms with E-state index in [1.165, 1.54) is 12.1 Å². The number of carbonyl (C=O) groups excluding carboxylic acids is 1. The van der Waals surface area contributed by atoms with Gasteiger partial charge < -0.3 is 20.3 Å². The lowest BCUT2D eigenvalue weighted by Crippen LogP contribution is -2.31. The summed E-state index contributed by atoms with van der Waals surface area (Å²) in [5, 5.41) is 22.9. The third kappa shape index (κ3) is 4.49. The van der Waals surface area contributed by atoms with Crippen molar-refractivity contribution >= 4 is 6.09 Å². The molecule has 0 fully saturated rings. The normalized spacial score (nSPS) is 14.4. The summed E-state index contributed by atoms with van der Waals surface area (Å²) in [4.78, 5) is 16.1. The Balaban J connectivity index is 1.29. The summed E-state index contributed by atoms with van der Waals surface area (Å²) in [6.07, 6.45) is -3.37. The van der Waals surface area contributed by atoms with Crippen LogP contribution in [-0.4, -0.2) is 40.5 Å². The highest BCUT2D eigenvalue weighted by molar-refractivity contribution is 5.79. The summed E-state index contributed by atoms with van der Waals surface area (Å²) in [5.74, 6) is -0.734. The number of pyridine rings is 1.